The van der Waals surface area contributed by atoms with Gasteiger partial charge in [0.1, 0.15) is 5.82 Å². The van der Waals surface area contributed by atoms with Crippen LogP contribution in [-0.2, 0) is 16.9 Å². The van der Waals surface area contributed by atoms with Crippen LogP contribution in [0.5, 0.6) is 0 Å². The van der Waals surface area contributed by atoms with E-state index in [1.165, 1.54) is 24.3 Å². The van der Waals surface area contributed by atoms with Gasteiger partial charge in [-0.05, 0) is 47.1 Å². The Morgan fingerprint density at radius 1 is 1.00 bits per heavy atom. The average Bonchev–Trinajstić information content (AvgIpc) is 2.95. The summed E-state index contributed by atoms with van der Waals surface area (Å²) in [5.74, 6) is -0.356. The predicted octanol–water partition coefficient (Wildman–Crippen LogP) is 5.32. The van der Waals surface area contributed by atoms with E-state index in [1.807, 2.05) is 0 Å². The van der Waals surface area contributed by atoms with E-state index < -0.39 is 22.4 Å². The summed E-state index contributed by atoms with van der Waals surface area (Å²) in [6.45, 7) is 0. The van der Waals surface area contributed by atoms with Gasteiger partial charge in [0.2, 0.25) is 0 Å². The number of hydrogen-bond acceptors (Lipinski definition) is 2. The van der Waals surface area contributed by atoms with E-state index in [0.29, 0.717) is 16.9 Å². The molecule has 1 aliphatic rings. The Labute approximate surface area is 132 Å². The van der Waals surface area contributed by atoms with Crippen LogP contribution in [-0.4, -0.2) is 5.55 Å². The first-order valence-electron chi connectivity index (χ1n) is 6.55. The van der Waals surface area contributed by atoms with Crippen molar-refractivity contribution in [1.29, 1.82) is 0 Å². The van der Waals surface area contributed by atoms with E-state index >= 15 is 0 Å². The maximum Gasteiger partial charge on any atom is 0.416 e. The number of benzene rings is 2. The molecule has 23 heavy (non-hydrogen) atoms. The van der Waals surface area contributed by atoms with Crippen molar-refractivity contribution in [2.45, 2.75) is 6.18 Å². The molecular formula is C16H10F4N2S. The molecule has 0 aromatic heterocycles. The van der Waals surface area contributed by atoms with Gasteiger partial charge in [0.05, 0.1) is 22.5 Å². The molecule has 1 unspecified atom stereocenters. The normalized spacial score (nSPS) is 17.6. The second kappa shape index (κ2) is 6.08. The highest BCUT2D eigenvalue weighted by Gasteiger charge is 2.29. The SMILES string of the molecule is Fc1cccc(C2=CS(=Nc3ccc(C(F)(F)F)cc3)C=N2)c1. The van der Waals surface area contributed by atoms with Crippen LogP contribution in [0.2, 0.25) is 0 Å². The fourth-order valence-electron chi connectivity index (χ4n) is 1.96. The van der Waals surface area contributed by atoms with Crippen LogP contribution in [0, 0.1) is 5.82 Å². The Balaban J connectivity index is 1.83. The third-order valence-electron chi connectivity index (χ3n) is 3.06. The Morgan fingerprint density at radius 3 is 2.39 bits per heavy atom. The second-order valence-corrected chi connectivity index (χ2v) is 6.05. The van der Waals surface area contributed by atoms with Crippen LogP contribution >= 0.6 is 0 Å². The van der Waals surface area contributed by atoms with Crippen LogP contribution in [0.4, 0.5) is 23.2 Å². The smallest absolute Gasteiger partial charge is 0.247 e. The maximum atomic E-state index is 13.2. The number of nitrogens with zero attached hydrogens (tertiary/aromatic N) is 2. The lowest BCUT2D eigenvalue weighted by Crippen LogP contribution is -2.03. The summed E-state index contributed by atoms with van der Waals surface area (Å²) in [5, 5.41) is 1.76. The highest BCUT2D eigenvalue weighted by atomic mass is 32.2. The zero-order valence-electron chi connectivity index (χ0n) is 11.6. The third kappa shape index (κ3) is 3.73. The van der Waals surface area contributed by atoms with Gasteiger partial charge in [0, 0.05) is 11.0 Å². The van der Waals surface area contributed by atoms with Gasteiger partial charge < -0.3 is 0 Å². The summed E-state index contributed by atoms with van der Waals surface area (Å²) in [6, 6.07) is 10.7. The molecule has 1 heterocycles. The van der Waals surface area contributed by atoms with E-state index in [2.05, 4.69) is 9.36 Å². The van der Waals surface area contributed by atoms with E-state index in [1.54, 1.807) is 23.1 Å². The van der Waals surface area contributed by atoms with E-state index in [4.69, 9.17) is 0 Å². The molecule has 0 spiro atoms. The van der Waals surface area contributed by atoms with Crippen molar-refractivity contribution in [1.82, 2.24) is 0 Å². The van der Waals surface area contributed by atoms with Gasteiger partial charge >= 0.3 is 6.18 Å². The third-order valence-corrected chi connectivity index (χ3v) is 4.27. The summed E-state index contributed by atoms with van der Waals surface area (Å²) in [4.78, 5) is 4.19. The summed E-state index contributed by atoms with van der Waals surface area (Å²) in [6.07, 6.45) is -4.36. The van der Waals surface area contributed by atoms with Crippen LogP contribution in [0.25, 0.3) is 5.70 Å². The highest BCUT2D eigenvalue weighted by molar-refractivity contribution is 8.03. The second-order valence-electron chi connectivity index (χ2n) is 4.73. The van der Waals surface area contributed by atoms with Crippen LogP contribution in [0.3, 0.4) is 0 Å². The van der Waals surface area contributed by atoms with E-state index in [0.717, 1.165) is 12.1 Å². The molecule has 0 amide bonds. The fourth-order valence-corrected chi connectivity index (χ4v) is 3.13. The predicted molar refractivity (Wildman–Crippen MR) is 83.8 cm³/mol. The molecule has 0 N–H and O–H groups in total. The first-order chi connectivity index (χ1) is 10.9. The molecule has 0 saturated heterocycles. The minimum atomic E-state index is -4.36. The molecule has 2 aromatic carbocycles. The van der Waals surface area contributed by atoms with Gasteiger partial charge in [-0.1, -0.05) is 12.1 Å². The van der Waals surface area contributed by atoms with Crippen molar-refractivity contribution in [2.75, 3.05) is 0 Å². The molecule has 0 aliphatic carbocycles. The van der Waals surface area contributed by atoms with Gasteiger partial charge in [-0.3, -0.25) is 0 Å². The zero-order valence-corrected chi connectivity index (χ0v) is 12.4. The Hall–Kier alpha value is -2.28. The summed E-state index contributed by atoms with van der Waals surface area (Å²) < 4.78 is 55.0. The summed E-state index contributed by atoms with van der Waals surface area (Å²) >= 11 is 0. The Morgan fingerprint density at radius 2 is 1.74 bits per heavy atom. The van der Waals surface area contributed by atoms with Gasteiger partial charge in [0.25, 0.3) is 0 Å². The molecule has 1 aliphatic heterocycles. The number of hydrogen-bond donors (Lipinski definition) is 0. The van der Waals surface area contributed by atoms with Crippen LogP contribution in [0.15, 0.2) is 63.3 Å². The molecule has 7 heteroatoms. The van der Waals surface area contributed by atoms with Crippen molar-refractivity contribution in [2.24, 2.45) is 9.36 Å². The summed E-state index contributed by atoms with van der Waals surface area (Å²) in [7, 11) is -0.676. The zero-order chi connectivity index (χ0) is 16.4. The van der Waals surface area contributed by atoms with Crippen molar-refractivity contribution < 1.29 is 17.6 Å². The van der Waals surface area contributed by atoms with Crippen molar-refractivity contribution in [3.05, 3.63) is 70.9 Å². The van der Waals surface area contributed by atoms with Gasteiger partial charge in [-0.15, -0.1) is 0 Å². The molecule has 1 atom stereocenters. The van der Waals surface area contributed by atoms with Crippen molar-refractivity contribution in [3.8, 4) is 0 Å². The monoisotopic (exact) mass is 338 g/mol. The standard InChI is InChI=1S/C16H10F4N2S/c17-13-3-1-2-11(8-13)15-9-23(10-21-15)22-14-6-4-12(5-7-14)16(18,19)20/h1-10H. The molecule has 2 nitrogen and oxygen atoms in total. The Bertz CT molecular complexity index is 821. The maximum absolute atomic E-state index is 13.2. The van der Waals surface area contributed by atoms with Crippen LogP contribution in [0.1, 0.15) is 11.1 Å². The molecule has 2 aromatic rings. The van der Waals surface area contributed by atoms with Gasteiger partial charge in [-0.25, -0.2) is 13.7 Å². The lowest BCUT2D eigenvalue weighted by Gasteiger charge is -2.05. The lowest BCUT2D eigenvalue weighted by molar-refractivity contribution is -0.137. The van der Waals surface area contributed by atoms with Crippen molar-refractivity contribution >= 4 is 27.6 Å². The molecule has 0 bridgehead atoms. The topological polar surface area (TPSA) is 24.7 Å². The minimum absolute atomic E-state index is 0.356. The molecule has 0 radical (unpaired) electrons. The molecule has 0 saturated carbocycles. The van der Waals surface area contributed by atoms with Crippen molar-refractivity contribution in [3.63, 3.8) is 0 Å². The first kappa shape index (κ1) is 15.6. The molecule has 0 fully saturated rings. The lowest BCUT2D eigenvalue weighted by atomic mass is 10.2. The van der Waals surface area contributed by atoms with E-state index in [9.17, 15) is 17.6 Å². The average molecular weight is 338 g/mol. The van der Waals surface area contributed by atoms with Gasteiger partial charge in [-0.2, -0.15) is 13.2 Å². The molecule has 3 rings (SSSR count). The number of rotatable bonds is 2. The summed E-state index contributed by atoms with van der Waals surface area (Å²) in [5.41, 5.74) is 2.56. The number of aliphatic imine (C=N–C) groups is 1. The Kier molecular flexibility index (Phi) is 4.12. The van der Waals surface area contributed by atoms with Gasteiger partial charge in [0.15, 0.2) is 0 Å². The van der Waals surface area contributed by atoms with E-state index in [-0.39, 0.29) is 5.82 Å². The largest absolute Gasteiger partial charge is 0.416 e. The molecular weight excluding hydrogens is 328 g/mol. The number of halogens is 4. The quantitative estimate of drug-likeness (QED) is 0.662. The fraction of sp³-hybridized carbons (Fsp3) is 0.0625. The first-order valence-corrected chi connectivity index (χ1v) is 7.85. The minimum Gasteiger partial charge on any atom is -0.247 e. The highest BCUT2D eigenvalue weighted by Crippen LogP contribution is 2.31. The van der Waals surface area contributed by atoms with Crippen LogP contribution < -0.4 is 0 Å². The number of alkyl halides is 3. The molecule has 118 valence electrons.